The Morgan fingerprint density at radius 3 is 2.57 bits per heavy atom. The van der Waals surface area contributed by atoms with Gasteiger partial charge in [0.25, 0.3) is 0 Å². The Morgan fingerprint density at radius 1 is 1.43 bits per heavy atom. The largest absolute Gasteiger partial charge is 0.394 e. The summed E-state index contributed by atoms with van der Waals surface area (Å²) in [5.41, 5.74) is 1.04. The van der Waals surface area contributed by atoms with E-state index in [-0.39, 0.29) is 18.0 Å². The minimum Gasteiger partial charge on any atom is -0.394 e. The molecule has 1 aromatic carbocycles. The van der Waals surface area contributed by atoms with Crippen molar-refractivity contribution < 1.29 is 9.50 Å². The molecule has 0 radical (unpaired) electrons. The highest BCUT2D eigenvalue weighted by Crippen LogP contribution is 2.17. The molecule has 78 valence electrons. The molecule has 0 unspecified atom stereocenters. The van der Waals surface area contributed by atoms with Crippen LogP contribution in [0.2, 0.25) is 0 Å². The molecule has 0 bridgehead atoms. The van der Waals surface area contributed by atoms with Crippen LogP contribution < -0.4 is 5.32 Å². The molecule has 0 fully saturated rings. The number of nitrogens with one attached hydrogen (secondary N) is 1. The number of hydrogen-bond acceptors (Lipinski definition) is 2. The van der Waals surface area contributed by atoms with E-state index >= 15 is 0 Å². The number of rotatable bonds is 3. The molecule has 1 aromatic rings. The number of anilines is 1. The molecule has 0 spiro atoms. The molecule has 14 heavy (non-hydrogen) atoms. The lowest BCUT2D eigenvalue weighted by atomic mass is 10.1. The summed E-state index contributed by atoms with van der Waals surface area (Å²) in [4.78, 5) is 0. The Hall–Kier alpha value is -1.09. The number of benzene rings is 1. The standard InChI is InChI=1S/C11H16FNO/c1-8-6-9(4-5-10(8)12)13-11(2,3)7-14/h4-6,13-14H,7H2,1-3H3. The third-order valence-corrected chi connectivity index (χ3v) is 2.04. The van der Waals surface area contributed by atoms with Gasteiger partial charge in [-0.15, -0.1) is 0 Å². The predicted molar refractivity (Wildman–Crippen MR) is 55.9 cm³/mol. The molecule has 2 N–H and O–H groups in total. The third-order valence-electron chi connectivity index (χ3n) is 2.04. The van der Waals surface area contributed by atoms with Crippen molar-refractivity contribution in [2.24, 2.45) is 0 Å². The van der Waals surface area contributed by atoms with Gasteiger partial charge in [-0.1, -0.05) is 0 Å². The zero-order valence-corrected chi connectivity index (χ0v) is 8.76. The van der Waals surface area contributed by atoms with Crippen LogP contribution >= 0.6 is 0 Å². The van der Waals surface area contributed by atoms with Crippen LogP contribution in [0, 0.1) is 12.7 Å². The summed E-state index contributed by atoms with van der Waals surface area (Å²) < 4.78 is 12.9. The molecule has 0 heterocycles. The second kappa shape index (κ2) is 3.96. The maximum Gasteiger partial charge on any atom is 0.126 e. The molecular formula is C11H16FNO. The zero-order chi connectivity index (χ0) is 10.8. The van der Waals surface area contributed by atoms with Gasteiger partial charge in [0.2, 0.25) is 0 Å². The molecule has 0 saturated carbocycles. The average Bonchev–Trinajstić information content (AvgIpc) is 2.11. The van der Waals surface area contributed by atoms with Gasteiger partial charge in [-0.05, 0) is 44.5 Å². The average molecular weight is 197 g/mol. The first-order valence-electron chi connectivity index (χ1n) is 4.60. The molecule has 0 saturated heterocycles. The zero-order valence-electron chi connectivity index (χ0n) is 8.76. The van der Waals surface area contributed by atoms with Crippen LogP contribution in [0.25, 0.3) is 0 Å². The van der Waals surface area contributed by atoms with E-state index in [1.807, 2.05) is 13.8 Å². The second-order valence-corrected chi connectivity index (χ2v) is 4.13. The summed E-state index contributed by atoms with van der Waals surface area (Å²) in [6.07, 6.45) is 0. The van der Waals surface area contributed by atoms with Crippen molar-refractivity contribution in [1.29, 1.82) is 0 Å². The molecule has 0 aromatic heterocycles. The normalized spacial score (nSPS) is 11.5. The first-order valence-corrected chi connectivity index (χ1v) is 4.60. The molecule has 0 aliphatic rings. The van der Waals surface area contributed by atoms with Crippen molar-refractivity contribution in [3.63, 3.8) is 0 Å². The number of halogens is 1. The van der Waals surface area contributed by atoms with Crippen LogP contribution in [0.1, 0.15) is 19.4 Å². The first kappa shape index (κ1) is 11.0. The van der Waals surface area contributed by atoms with E-state index in [1.54, 1.807) is 19.1 Å². The minimum absolute atomic E-state index is 0.0312. The highest BCUT2D eigenvalue weighted by atomic mass is 19.1. The fraction of sp³-hybridized carbons (Fsp3) is 0.455. The van der Waals surface area contributed by atoms with E-state index in [9.17, 15) is 4.39 Å². The van der Waals surface area contributed by atoms with Gasteiger partial charge in [-0.2, -0.15) is 0 Å². The summed E-state index contributed by atoms with van der Waals surface area (Å²) in [5.74, 6) is -0.211. The molecule has 2 nitrogen and oxygen atoms in total. The lowest BCUT2D eigenvalue weighted by Gasteiger charge is -2.25. The van der Waals surface area contributed by atoms with E-state index in [0.717, 1.165) is 5.69 Å². The molecule has 0 amide bonds. The van der Waals surface area contributed by atoms with Gasteiger partial charge < -0.3 is 10.4 Å². The van der Waals surface area contributed by atoms with Crippen LogP contribution in [-0.2, 0) is 0 Å². The van der Waals surface area contributed by atoms with Gasteiger partial charge in [0, 0.05) is 5.69 Å². The fourth-order valence-corrected chi connectivity index (χ4v) is 1.15. The number of aliphatic hydroxyl groups excluding tert-OH is 1. The van der Waals surface area contributed by atoms with Gasteiger partial charge in [0.15, 0.2) is 0 Å². The number of aliphatic hydroxyl groups is 1. The molecular weight excluding hydrogens is 181 g/mol. The van der Waals surface area contributed by atoms with Crippen molar-refractivity contribution in [2.45, 2.75) is 26.3 Å². The van der Waals surface area contributed by atoms with Gasteiger partial charge in [0.1, 0.15) is 5.82 Å². The highest BCUT2D eigenvalue weighted by molar-refractivity contribution is 5.47. The number of aryl methyl sites for hydroxylation is 1. The van der Waals surface area contributed by atoms with Crippen molar-refractivity contribution in [2.75, 3.05) is 11.9 Å². The summed E-state index contributed by atoms with van der Waals surface area (Å²) in [5, 5.41) is 12.2. The Labute approximate surface area is 83.8 Å². The Balaban J connectivity index is 2.83. The van der Waals surface area contributed by atoms with Crippen LogP contribution in [0.15, 0.2) is 18.2 Å². The van der Waals surface area contributed by atoms with E-state index in [4.69, 9.17) is 5.11 Å². The SMILES string of the molecule is Cc1cc(NC(C)(C)CO)ccc1F. The highest BCUT2D eigenvalue weighted by Gasteiger charge is 2.15. The van der Waals surface area contributed by atoms with E-state index in [0.29, 0.717) is 5.56 Å². The quantitative estimate of drug-likeness (QED) is 0.779. The van der Waals surface area contributed by atoms with Gasteiger partial charge in [-0.25, -0.2) is 4.39 Å². The maximum atomic E-state index is 12.9. The van der Waals surface area contributed by atoms with E-state index in [1.165, 1.54) is 6.07 Å². The van der Waals surface area contributed by atoms with Crippen LogP contribution in [0.4, 0.5) is 10.1 Å². The summed E-state index contributed by atoms with van der Waals surface area (Å²) >= 11 is 0. The molecule has 0 aliphatic carbocycles. The Kier molecular flexibility index (Phi) is 3.11. The van der Waals surface area contributed by atoms with Crippen molar-refractivity contribution >= 4 is 5.69 Å². The Bertz CT molecular complexity index is 323. The summed E-state index contributed by atoms with van der Waals surface area (Å²) in [7, 11) is 0. The summed E-state index contributed by atoms with van der Waals surface area (Å²) in [6.45, 7) is 5.51. The molecule has 3 heteroatoms. The lowest BCUT2D eigenvalue weighted by Crippen LogP contribution is -2.34. The van der Waals surface area contributed by atoms with Crippen LogP contribution in [0.5, 0.6) is 0 Å². The van der Waals surface area contributed by atoms with E-state index < -0.39 is 0 Å². The molecule has 0 atom stereocenters. The first-order chi connectivity index (χ1) is 6.44. The van der Waals surface area contributed by atoms with Crippen LogP contribution in [-0.4, -0.2) is 17.3 Å². The van der Waals surface area contributed by atoms with E-state index in [2.05, 4.69) is 5.32 Å². The van der Waals surface area contributed by atoms with Gasteiger partial charge in [-0.3, -0.25) is 0 Å². The maximum absolute atomic E-state index is 12.9. The van der Waals surface area contributed by atoms with Gasteiger partial charge >= 0.3 is 0 Å². The molecule has 1 rings (SSSR count). The van der Waals surface area contributed by atoms with Crippen molar-refractivity contribution in [1.82, 2.24) is 0 Å². The predicted octanol–water partition coefficient (Wildman–Crippen LogP) is 2.32. The van der Waals surface area contributed by atoms with Crippen LogP contribution in [0.3, 0.4) is 0 Å². The summed E-state index contributed by atoms with van der Waals surface area (Å²) in [6, 6.07) is 4.82. The van der Waals surface area contributed by atoms with Gasteiger partial charge in [0.05, 0.1) is 12.1 Å². The smallest absolute Gasteiger partial charge is 0.126 e. The minimum atomic E-state index is -0.385. The van der Waals surface area contributed by atoms with Crippen molar-refractivity contribution in [3.05, 3.63) is 29.6 Å². The monoisotopic (exact) mass is 197 g/mol. The second-order valence-electron chi connectivity index (χ2n) is 4.13. The fourth-order valence-electron chi connectivity index (χ4n) is 1.15. The molecule has 0 aliphatic heterocycles. The lowest BCUT2D eigenvalue weighted by molar-refractivity contribution is 0.234. The third kappa shape index (κ3) is 2.70. The Morgan fingerprint density at radius 2 is 2.07 bits per heavy atom. The topological polar surface area (TPSA) is 32.3 Å². The number of hydrogen-bond donors (Lipinski definition) is 2. The van der Waals surface area contributed by atoms with Crippen molar-refractivity contribution in [3.8, 4) is 0 Å².